The van der Waals surface area contributed by atoms with Crippen molar-refractivity contribution >= 4 is 11.7 Å². The Kier molecular flexibility index (Phi) is 4.49. The Morgan fingerprint density at radius 2 is 2.06 bits per heavy atom. The minimum atomic E-state index is -0.155. The summed E-state index contributed by atoms with van der Waals surface area (Å²) in [7, 11) is 0. The van der Waals surface area contributed by atoms with Crippen LogP contribution in [0.15, 0.2) is 12.3 Å². The molecule has 0 unspecified atom stereocenters. The maximum Gasteiger partial charge on any atom is 0.267 e. The first-order chi connectivity index (χ1) is 7.95. The lowest BCUT2D eigenvalue weighted by Crippen LogP contribution is -2.38. The van der Waals surface area contributed by atoms with Crippen LogP contribution in [0.4, 0.5) is 0 Å². The summed E-state index contributed by atoms with van der Waals surface area (Å²) in [6, 6.07) is 1.75. The normalized spacial score (nSPS) is 12.5. The zero-order chi connectivity index (χ0) is 13.0. The average molecular weight is 236 g/mol. The Hall–Kier alpha value is -1.58. The standard InChI is InChI=1S/C13H20N2O2/c1-5-11(8(2)3)15-13(17)12-6-10(7-14-12)9(4)16/h6-8,11,14H,5H2,1-4H3,(H,15,17)/t11-/m0/s1. The van der Waals surface area contributed by atoms with E-state index in [0.717, 1.165) is 6.42 Å². The first kappa shape index (κ1) is 13.5. The number of Topliss-reactive ketones (excluding diaryl/α,β-unsaturated/α-hetero) is 1. The highest BCUT2D eigenvalue weighted by Crippen LogP contribution is 2.08. The van der Waals surface area contributed by atoms with Gasteiger partial charge in [-0.15, -0.1) is 0 Å². The molecule has 2 N–H and O–H groups in total. The van der Waals surface area contributed by atoms with Gasteiger partial charge in [-0.3, -0.25) is 9.59 Å². The van der Waals surface area contributed by atoms with Crippen molar-refractivity contribution in [2.24, 2.45) is 5.92 Å². The third kappa shape index (κ3) is 3.44. The minimum Gasteiger partial charge on any atom is -0.356 e. The largest absolute Gasteiger partial charge is 0.356 e. The first-order valence-electron chi connectivity index (χ1n) is 5.96. The molecule has 0 bridgehead atoms. The molecule has 4 heteroatoms. The van der Waals surface area contributed by atoms with Gasteiger partial charge in [-0.1, -0.05) is 20.8 Å². The molecule has 0 radical (unpaired) electrons. The van der Waals surface area contributed by atoms with Gasteiger partial charge in [0.1, 0.15) is 5.69 Å². The van der Waals surface area contributed by atoms with Crippen LogP contribution in [0.5, 0.6) is 0 Å². The van der Waals surface area contributed by atoms with Crippen molar-refractivity contribution in [1.82, 2.24) is 10.3 Å². The molecule has 94 valence electrons. The second-order valence-corrected chi connectivity index (χ2v) is 4.59. The van der Waals surface area contributed by atoms with Crippen molar-refractivity contribution in [3.05, 3.63) is 23.5 Å². The number of nitrogens with one attached hydrogen (secondary N) is 2. The van der Waals surface area contributed by atoms with Gasteiger partial charge in [-0.05, 0) is 25.3 Å². The van der Waals surface area contributed by atoms with Crippen molar-refractivity contribution in [3.63, 3.8) is 0 Å². The van der Waals surface area contributed by atoms with Gasteiger partial charge in [0.2, 0.25) is 0 Å². The molecular formula is C13H20N2O2. The number of hydrogen-bond donors (Lipinski definition) is 2. The molecule has 0 aliphatic rings. The summed E-state index contributed by atoms with van der Waals surface area (Å²) in [4.78, 5) is 25.8. The van der Waals surface area contributed by atoms with Gasteiger partial charge in [-0.2, -0.15) is 0 Å². The lowest BCUT2D eigenvalue weighted by Gasteiger charge is -2.20. The van der Waals surface area contributed by atoms with E-state index in [4.69, 9.17) is 0 Å². The van der Waals surface area contributed by atoms with Crippen molar-refractivity contribution in [2.75, 3.05) is 0 Å². The lowest BCUT2D eigenvalue weighted by atomic mass is 10.0. The summed E-state index contributed by atoms with van der Waals surface area (Å²) in [5.41, 5.74) is 0.974. The number of rotatable bonds is 5. The van der Waals surface area contributed by atoms with Gasteiger partial charge in [0.25, 0.3) is 5.91 Å². The molecule has 1 atom stereocenters. The average Bonchev–Trinajstić information content (AvgIpc) is 2.74. The van der Waals surface area contributed by atoms with E-state index in [-0.39, 0.29) is 17.7 Å². The smallest absolute Gasteiger partial charge is 0.267 e. The molecule has 0 aromatic carbocycles. The highest BCUT2D eigenvalue weighted by Gasteiger charge is 2.16. The molecule has 1 rings (SSSR count). The molecule has 0 fully saturated rings. The highest BCUT2D eigenvalue weighted by atomic mass is 16.2. The van der Waals surface area contributed by atoms with Crippen LogP contribution < -0.4 is 5.32 Å². The number of hydrogen-bond acceptors (Lipinski definition) is 2. The summed E-state index contributed by atoms with van der Waals surface area (Å²) in [6.45, 7) is 7.67. The zero-order valence-corrected chi connectivity index (χ0v) is 10.8. The van der Waals surface area contributed by atoms with E-state index in [1.165, 1.54) is 6.92 Å². The van der Waals surface area contributed by atoms with Gasteiger partial charge in [0.15, 0.2) is 5.78 Å². The predicted octanol–water partition coefficient (Wildman–Crippen LogP) is 2.38. The van der Waals surface area contributed by atoms with Crippen LogP contribution in [-0.4, -0.2) is 22.7 Å². The van der Waals surface area contributed by atoms with Gasteiger partial charge in [0.05, 0.1) is 0 Å². The molecule has 1 aromatic heterocycles. The zero-order valence-electron chi connectivity index (χ0n) is 10.8. The van der Waals surface area contributed by atoms with Crippen molar-refractivity contribution < 1.29 is 9.59 Å². The number of amides is 1. The lowest BCUT2D eigenvalue weighted by molar-refractivity contribution is 0.0920. The fraction of sp³-hybridized carbons (Fsp3) is 0.538. The Morgan fingerprint density at radius 1 is 1.41 bits per heavy atom. The second kappa shape index (κ2) is 5.66. The number of aromatic nitrogens is 1. The monoisotopic (exact) mass is 236 g/mol. The number of carbonyl (C=O) groups excluding carboxylic acids is 2. The van der Waals surface area contributed by atoms with Crippen molar-refractivity contribution in [1.29, 1.82) is 0 Å². The van der Waals surface area contributed by atoms with E-state index >= 15 is 0 Å². The molecule has 1 amide bonds. The molecule has 0 saturated carbocycles. The maximum atomic E-state index is 11.9. The van der Waals surface area contributed by atoms with Gasteiger partial charge in [-0.25, -0.2) is 0 Å². The third-order valence-corrected chi connectivity index (χ3v) is 2.90. The molecule has 1 aromatic rings. The van der Waals surface area contributed by atoms with Gasteiger partial charge in [0, 0.05) is 17.8 Å². The highest BCUT2D eigenvalue weighted by molar-refractivity contribution is 5.99. The third-order valence-electron chi connectivity index (χ3n) is 2.90. The Labute approximate surface area is 102 Å². The van der Waals surface area contributed by atoms with Gasteiger partial charge < -0.3 is 10.3 Å². The number of aromatic amines is 1. The first-order valence-corrected chi connectivity index (χ1v) is 5.96. The van der Waals surface area contributed by atoms with E-state index in [2.05, 4.69) is 24.1 Å². The van der Waals surface area contributed by atoms with Crippen molar-refractivity contribution in [3.8, 4) is 0 Å². The van der Waals surface area contributed by atoms with Crippen molar-refractivity contribution in [2.45, 2.75) is 40.2 Å². The SMILES string of the molecule is CC[C@H](NC(=O)c1cc(C(C)=O)c[nH]1)C(C)C. The molecule has 17 heavy (non-hydrogen) atoms. The van der Waals surface area contributed by atoms with E-state index in [1.807, 2.05) is 6.92 Å². The summed E-state index contributed by atoms with van der Waals surface area (Å²) in [5.74, 6) is 0.195. The quantitative estimate of drug-likeness (QED) is 0.771. The molecule has 0 aliphatic carbocycles. The van der Waals surface area contributed by atoms with E-state index in [0.29, 0.717) is 17.2 Å². The van der Waals surface area contributed by atoms with Crippen LogP contribution >= 0.6 is 0 Å². The maximum absolute atomic E-state index is 11.9. The Morgan fingerprint density at radius 3 is 2.47 bits per heavy atom. The van der Waals surface area contributed by atoms with Crippen LogP contribution in [0.25, 0.3) is 0 Å². The van der Waals surface area contributed by atoms with Gasteiger partial charge >= 0.3 is 0 Å². The fourth-order valence-electron chi connectivity index (χ4n) is 1.71. The van der Waals surface area contributed by atoms with Crippen LogP contribution in [0.2, 0.25) is 0 Å². The summed E-state index contributed by atoms with van der Waals surface area (Å²) < 4.78 is 0. The van der Waals surface area contributed by atoms with E-state index in [9.17, 15) is 9.59 Å². The topological polar surface area (TPSA) is 62.0 Å². The van der Waals surface area contributed by atoms with Crippen LogP contribution in [0.3, 0.4) is 0 Å². The van der Waals surface area contributed by atoms with Crippen LogP contribution in [-0.2, 0) is 0 Å². The van der Waals surface area contributed by atoms with Crippen LogP contribution in [0, 0.1) is 5.92 Å². The van der Waals surface area contributed by atoms with Crippen LogP contribution in [0.1, 0.15) is 55.0 Å². The predicted molar refractivity (Wildman–Crippen MR) is 67.2 cm³/mol. The molecule has 0 spiro atoms. The fourth-order valence-corrected chi connectivity index (χ4v) is 1.71. The molecular weight excluding hydrogens is 216 g/mol. The molecule has 1 heterocycles. The Balaban J connectivity index is 2.72. The minimum absolute atomic E-state index is 0.0452. The summed E-state index contributed by atoms with van der Waals surface area (Å²) in [6.07, 6.45) is 2.46. The Bertz CT molecular complexity index is 407. The second-order valence-electron chi connectivity index (χ2n) is 4.59. The number of H-pyrrole nitrogens is 1. The molecule has 0 aliphatic heterocycles. The number of carbonyl (C=O) groups is 2. The van der Waals surface area contributed by atoms with E-state index in [1.54, 1.807) is 12.3 Å². The van der Waals surface area contributed by atoms with E-state index < -0.39 is 0 Å². The molecule has 0 saturated heterocycles. The number of ketones is 1. The summed E-state index contributed by atoms with van der Waals surface area (Å²) in [5, 5.41) is 2.95. The summed E-state index contributed by atoms with van der Waals surface area (Å²) >= 11 is 0. The molecule has 4 nitrogen and oxygen atoms in total.